The molecule has 10 rings (SSSR count). The van der Waals surface area contributed by atoms with Crippen molar-refractivity contribution in [2.75, 3.05) is 20.0 Å². The van der Waals surface area contributed by atoms with Crippen LogP contribution in [0.5, 0.6) is 0 Å². The molecule has 0 heterocycles. The lowest BCUT2D eigenvalue weighted by atomic mass is 9.95. The Hall–Kier alpha value is -8.08. The topological polar surface area (TPSA) is 21.8 Å². The van der Waals surface area contributed by atoms with Crippen molar-refractivity contribution in [2.24, 2.45) is 0 Å². The smallest absolute Gasteiger partial charge is 0.0620 e. The van der Waals surface area contributed by atoms with E-state index in [1.807, 2.05) is 0 Å². The van der Waals surface area contributed by atoms with Crippen LogP contribution in [0.4, 0.5) is 62.6 Å². The molecule has 0 spiro atoms. The number of rotatable bonds is 11. The van der Waals surface area contributed by atoms with Crippen molar-refractivity contribution in [3.8, 4) is 0 Å². The van der Waals surface area contributed by atoms with Crippen LogP contribution < -0.4 is 20.0 Å². The number of nitrogens with one attached hydrogen (secondary N) is 1. The third-order valence-corrected chi connectivity index (χ3v) is 10.9. The standard InChI is InChI=1S/C56H42N4/c1-8-22-42(23-9-1)57-55-51-38-36-50(59(45-28-14-4-15-29-45)46-30-16-5-17-31-46)41-54(51)56(60(47-32-18-6-19-33-47)48-34-20-7-21-35-48)52-39-37-49(40-53(52)55)58(43-24-10-2-11-25-43)44-26-12-3-13-27-44/h1-41,57H. The predicted octanol–water partition coefficient (Wildman–Crippen LogP) is 16.1. The molecule has 0 aliphatic heterocycles. The SMILES string of the molecule is c1ccc(Nc2c3cc(N(c4ccccc4)c4ccccc4)ccc3c(N(c3ccccc3)c3ccccc3)c3cc(N(c4ccccc4)c4ccccc4)ccc23)cc1. The molecule has 60 heavy (non-hydrogen) atoms. The van der Waals surface area contributed by atoms with Crippen molar-refractivity contribution in [1.29, 1.82) is 0 Å². The molecule has 10 aromatic rings. The number of nitrogens with zero attached hydrogens (tertiary/aromatic N) is 3. The maximum Gasteiger partial charge on any atom is 0.0620 e. The molecule has 0 radical (unpaired) electrons. The van der Waals surface area contributed by atoms with Crippen LogP contribution in [0.1, 0.15) is 0 Å². The van der Waals surface area contributed by atoms with Crippen LogP contribution in [0.2, 0.25) is 0 Å². The highest BCUT2D eigenvalue weighted by Gasteiger charge is 2.25. The monoisotopic (exact) mass is 770 g/mol. The van der Waals surface area contributed by atoms with Crippen molar-refractivity contribution in [3.05, 3.63) is 249 Å². The van der Waals surface area contributed by atoms with Crippen LogP contribution in [0, 0.1) is 0 Å². The first-order valence-corrected chi connectivity index (χ1v) is 20.4. The van der Waals surface area contributed by atoms with Gasteiger partial charge in [0.15, 0.2) is 0 Å². The number of hydrogen-bond acceptors (Lipinski definition) is 4. The summed E-state index contributed by atoms with van der Waals surface area (Å²) in [5, 5.41) is 8.37. The van der Waals surface area contributed by atoms with Crippen molar-refractivity contribution >= 4 is 84.1 Å². The normalized spacial score (nSPS) is 11.0. The molecule has 0 aromatic heterocycles. The number of hydrogen-bond donors (Lipinski definition) is 1. The molecule has 4 heteroatoms. The highest BCUT2D eigenvalue weighted by atomic mass is 15.2. The van der Waals surface area contributed by atoms with Gasteiger partial charge in [-0.2, -0.15) is 0 Å². The maximum atomic E-state index is 3.94. The van der Waals surface area contributed by atoms with E-state index in [1.165, 1.54) is 0 Å². The van der Waals surface area contributed by atoms with E-state index in [0.29, 0.717) is 0 Å². The molecular formula is C56H42N4. The largest absolute Gasteiger partial charge is 0.355 e. The molecule has 0 atom stereocenters. The van der Waals surface area contributed by atoms with Crippen molar-refractivity contribution in [1.82, 2.24) is 0 Å². The molecule has 0 saturated carbocycles. The molecular weight excluding hydrogens is 729 g/mol. The molecule has 4 nitrogen and oxygen atoms in total. The lowest BCUT2D eigenvalue weighted by Gasteiger charge is -2.32. The highest BCUT2D eigenvalue weighted by molar-refractivity contribution is 6.23. The zero-order valence-corrected chi connectivity index (χ0v) is 33.0. The Labute approximate surface area is 351 Å². The van der Waals surface area contributed by atoms with E-state index in [4.69, 9.17) is 0 Å². The summed E-state index contributed by atoms with van der Waals surface area (Å²) in [6.45, 7) is 0. The number of benzene rings is 10. The Morgan fingerprint density at radius 3 is 0.933 bits per heavy atom. The highest BCUT2D eigenvalue weighted by Crippen LogP contribution is 2.51. The first-order chi connectivity index (χ1) is 29.8. The minimum Gasteiger partial charge on any atom is -0.355 e. The van der Waals surface area contributed by atoms with E-state index in [1.54, 1.807) is 0 Å². The molecule has 0 aliphatic rings. The lowest BCUT2D eigenvalue weighted by Crippen LogP contribution is -2.13. The van der Waals surface area contributed by atoms with Gasteiger partial charge in [0.05, 0.1) is 11.4 Å². The minimum atomic E-state index is 1.02. The average molecular weight is 771 g/mol. The summed E-state index contributed by atoms with van der Waals surface area (Å²) in [6.07, 6.45) is 0. The molecule has 0 aliphatic carbocycles. The molecule has 1 N–H and O–H groups in total. The minimum absolute atomic E-state index is 1.02. The van der Waals surface area contributed by atoms with Crippen LogP contribution in [-0.2, 0) is 0 Å². The summed E-state index contributed by atoms with van der Waals surface area (Å²) < 4.78 is 0. The van der Waals surface area contributed by atoms with Gasteiger partial charge in [-0.25, -0.2) is 0 Å². The quantitative estimate of drug-likeness (QED) is 0.104. The molecule has 286 valence electrons. The molecule has 10 aromatic carbocycles. The maximum absolute atomic E-state index is 3.94. The van der Waals surface area contributed by atoms with Crippen LogP contribution in [0.15, 0.2) is 249 Å². The summed E-state index contributed by atoms with van der Waals surface area (Å²) >= 11 is 0. The van der Waals surface area contributed by atoms with E-state index in [-0.39, 0.29) is 0 Å². The second-order valence-electron chi connectivity index (χ2n) is 14.7. The zero-order chi connectivity index (χ0) is 40.1. The van der Waals surface area contributed by atoms with Gasteiger partial charge in [-0.3, -0.25) is 0 Å². The fourth-order valence-electron chi connectivity index (χ4n) is 8.27. The Morgan fingerprint density at radius 2 is 0.550 bits per heavy atom. The summed E-state index contributed by atoms with van der Waals surface area (Å²) in [7, 11) is 0. The average Bonchev–Trinajstić information content (AvgIpc) is 3.32. The van der Waals surface area contributed by atoms with Gasteiger partial charge in [0.25, 0.3) is 0 Å². The fourth-order valence-corrected chi connectivity index (χ4v) is 8.27. The molecule has 0 fully saturated rings. The van der Waals surface area contributed by atoms with Gasteiger partial charge in [0, 0.05) is 72.7 Å². The molecule has 0 amide bonds. The Bertz CT molecular complexity index is 2860. The van der Waals surface area contributed by atoms with Gasteiger partial charge in [-0.1, -0.05) is 140 Å². The van der Waals surface area contributed by atoms with Crippen LogP contribution in [0.3, 0.4) is 0 Å². The second-order valence-corrected chi connectivity index (χ2v) is 14.7. The summed E-state index contributed by atoms with van der Waals surface area (Å²) in [6, 6.07) is 88.3. The lowest BCUT2D eigenvalue weighted by molar-refractivity contribution is 1.28. The molecule has 0 bridgehead atoms. The van der Waals surface area contributed by atoms with E-state index < -0.39 is 0 Å². The van der Waals surface area contributed by atoms with Crippen LogP contribution in [0.25, 0.3) is 21.5 Å². The summed E-state index contributed by atoms with van der Waals surface area (Å²) in [4.78, 5) is 7.10. The third kappa shape index (κ3) is 7.08. The van der Waals surface area contributed by atoms with E-state index in [0.717, 1.165) is 84.1 Å². The van der Waals surface area contributed by atoms with Crippen molar-refractivity contribution in [2.45, 2.75) is 0 Å². The van der Waals surface area contributed by atoms with E-state index >= 15 is 0 Å². The third-order valence-electron chi connectivity index (χ3n) is 10.9. The molecule has 0 unspecified atom stereocenters. The van der Waals surface area contributed by atoms with Crippen LogP contribution >= 0.6 is 0 Å². The van der Waals surface area contributed by atoms with Crippen molar-refractivity contribution in [3.63, 3.8) is 0 Å². The van der Waals surface area contributed by atoms with Gasteiger partial charge in [0.1, 0.15) is 0 Å². The van der Waals surface area contributed by atoms with Crippen LogP contribution in [-0.4, -0.2) is 0 Å². The summed E-state index contributed by atoms with van der Waals surface area (Å²) in [5.41, 5.74) is 11.8. The van der Waals surface area contributed by atoms with E-state index in [2.05, 4.69) is 269 Å². The number of para-hydroxylation sites is 7. The number of fused-ring (bicyclic) bond motifs is 2. The fraction of sp³-hybridized carbons (Fsp3) is 0. The van der Waals surface area contributed by atoms with Gasteiger partial charge in [-0.15, -0.1) is 0 Å². The van der Waals surface area contributed by atoms with Gasteiger partial charge in [0.2, 0.25) is 0 Å². The first-order valence-electron chi connectivity index (χ1n) is 20.4. The second kappa shape index (κ2) is 16.4. The summed E-state index contributed by atoms with van der Waals surface area (Å²) in [5.74, 6) is 0. The van der Waals surface area contributed by atoms with Gasteiger partial charge < -0.3 is 20.0 Å². The Morgan fingerprint density at radius 1 is 0.233 bits per heavy atom. The van der Waals surface area contributed by atoms with E-state index in [9.17, 15) is 0 Å². The zero-order valence-electron chi connectivity index (χ0n) is 33.0. The van der Waals surface area contributed by atoms with Gasteiger partial charge >= 0.3 is 0 Å². The number of anilines is 11. The van der Waals surface area contributed by atoms with Gasteiger partial charge in [-0.05, 0) is 109 Å². The van der Waals surface area contributed by atoms with Crippen molar-refractivity contribution < 1.29 is 0 Å². The predicted molar refractivity (Wildman–Crippen MR) is 255 cm³/mol. The molecule has 0 saturated heterocycles. The first kappa shape index (κ1) is 36.3. The Kier molecular flexibility index (Phi) is 9.92. The Balaban J connectivity index is 1.32.